The molecule has 2 heterocycles. The summed E-state index contributed by atoms with van der Waals surface area (Å²) in [5.74, 6) is 0.931. The summed E-state index contributed by atoms with van der Waals surface area (Å²) in [4.78, 5) is 4.31. The lowest BCUT2D eigenvalue weighted by atomic mass is 10.0. The zero-order valence-corrected chi connectivity index (χ0v) is 13.1. The fraction of sp³-hybridized carbons (Fsp3) is 0.200. The lowest BCUT2D eigenvalue weighted by Gasteiger charge is -2.11. The molecule has 0 saturated heterocycles. The van der Waals surface area contributed by atoms with Crippen LogP contribution in [0.25, 0.3) is 16.9 Å². The number of rotatable bonds is 2. The van der Waals surface area contributed by atoms with Crippen molar-refractivity contribution >= 4 is 21.6 Å². The minimum Gasteiger partial charge on any atom is -0.496 e. The van der Waals surface area contributed by atoms with Crippen molar-refractivity contribution in [3.8, 4) is 17.0 Å². The smallest absolute Gasteiger partial charge is 0.154 e. The maximum atomic E-state index is 5.40. The number of aryl methyl sites for hydroxylation is 2. The first-order valence-corrected chi connectivity index (χ1v) is 7.05. The summed E-state index contributed by atoms with van der Waals surface area (Å²) in [6.45, 7) is 4.09. The minimum absolute atomic E-state index is 0.782. The van der Waals surface area contributed by atoms with Gasteiger partial charge in [0.05, 0.1) is 19.0 Å². The first kappa shape index (κ1) is 13.1. The average molecular weight is 332 g/mol. The molecule has 0 spiro atoms. The van der Waals surface area contributed by atoms with E-state index in [4.69, 9.17) is 4.74 Å². The van der Waals surface area contributed by atoms with Gasteiger partial charge in [-0.05, 0) is 65.2 Å². The Morgan fingerprint density at radius 1 is 1.15 bits per heavy atom. The molecule has 102 valence electrons. The quantitative estimate of drug-likeness (QED) is 0.717. The van der Waals surface area contributed by atoms with Crippen LogP contribution in [-0.4, -0.2) is 21.7 Å². The molecule has 0 saturated carbocycles. The maximum Gasteiger partial charge on any atom is 0.154 e. The zero-order valence-electron chi connectivity index (χ0n) is 11.5. The number of benzene rings is 1. The predicted molar refractivity (Wildman–Crippen MR) is 82.1 cm³/mol. The van der Waals surface area contributed by atoms with Gasteiger partial charge in [-0.2, -0.15) is 5.10 Å². The van der Waals surface area contributed by atoms with Crippen molar-refractivity contribution in [2.24, 2.45) is 0 Å². The van der Waals surface area contributed by atoms with Gasteiger partial charge in [-0.25, -0.2) is 9.50 Å². The number of ether oxygens (including phenoxy) is 1. The average Bonchev–Trinajstić information content (AvgIpc) is 2.77. The normalized spacial score (nSPS) is 11.0. The first-order valence-electron chi connectivity index (χ1n) is 6.26. The Balaban J connectivity index is 2.15. The van der Waals surface area contributed by atoms with Crippen LogP contribution in [0.15, 0.2) is 35.1 Å². The molecule has 0 aliphatic rings. The molecule has 2 aromatic heterocycles. The van der Waals surface area contributed by atoms with Crippen LogP contribution in [0.1, 0.15) is 11.1 Å². The third-order valence-electron chi connectivity index (χ3n) is 3.25. The van der Waals surface area contributed by atoms with E-state index in [2.05, 4.69) is 38.1 Å². The lowest BCUT2D eigenvalue weighted by Crippen LogP contribution is -1.96. The third kappa shape index (κ3) is 2.18. The monoisotopic (exact) mass is 331 g/mol. The summed E-state index contributed by atoms with van der Waals surface area (Å²) in [5.41, 5.74) is 5.03. The molecule has 0 bridgehead atoms. The highest BCUT2D eigenvalue weighted by molar-refractivity contribution is 9.10. The lowest BCUT2D eigenvalue weighted by molar-refractivity contribution is 0.408. The van der Waals surface area contributed by atoms with E-state index in [0.717, 1.165) is 38.4 Å². The Kier molecular flexibility index (Phi) is 3.22. The summed E-state index contributed by atoms with van der Waals surface area (Å²) in [6.07, 6.45) is 1.85. The van der Waals surface area contributed by atoms with Gasteiger partial charge in [-0.1, -0.05) is 0 Å². The van der Waals surface area contributed by atoms with Crippen LogP contribution < -0.4 is 4.74 Å². The number of imidazole rings is 1. The summed E-state index contributed by atoms with van der Waals surface area (Å²) >= 11 is 3.36. The van der Waals surface area contributed by atoms with Crippen LogP contribution >= 0.6 is 15.9 Å². The SMILES string of the molecule is COc1c(C)cc(-c2ccc3nc(Br)cn3n2)cc1C. The van der Waals surface area contributed by atoms with Crippen molar-refractivity contribution in [3.63, 3.8) is 0 Å². The van der Waals surface area contributed by atoms with Gasteiger partial charge in [0, 0.05) is 5.56 Å². The molecular formula is C15H14BrN3O. The molecule has 0 aliphatic carbocycles. The second kappa shape index (κ2) is 4.90. The molecule has 0 amide bonds. The number of hydrogen-bond acceptors (Lipinski definition) is 3. The maximum absolute atomic E-state index is 5.40. The van der Waals surface area contributed by atoms with E-state index in [-0.39, 0.29) is 0 Å². The second-order valence-electron chi connectivity index (χ2n) is 4.73. The highest BCUT2D eigenvalue weighted by atomic mass is 79.9. The van der Waals surface area contributed by atoms with E-state index >= 15 is 0 Å². The van der Waals surface area contributed by atoms with Gasteiger partial charge in [0.2, 0.25) is 0 Å². The third-order valence-corrected chi connectivity index (χ3v) is 3.63. The fourth-order valence-corrected chi connectivity index (χ4v) is 2.80. The van der Waals surface area contributed by atoms with Crippen LogP contribution in [0.4, 0.5) is 0 Å². The van der Waals surface area contributed by atoms with E-state index < -0.39 is 0 Å². The molecule has 20 heavy (non-hydrogen) atoms. The molecule has 0 radical (unpaired) electrons. The summed E-state index contributed by atoms with van der Waals surface area (Å²) in [6, 6.07) is 8.12. The summed E-state index contributed by atoms with van der Waals surface area (Å²) < 4.78 is 7.95. The van der Waals surface area contributed by atoms with Crippen molar-refractivity contribution in [1.82, 2.24) is 14.6 Å². The minimum atomic E-state index is 0.782. The van der Waals surface area contributed by atoms with Gasteiger partial charge in [-0.3, -0.25) is 0 Å². The van der Waals surface area contributed by atoms with Crippen molar-refractivity contribution in [2.75, 3.05) is 7.11 Å². The van der Waals surface area contributed by atoms with E-state index in [9.17, 15) is 0 Å². The van der Waals surface area contributed by atoms with E-state index in [1.165, 1.54) is 0 Å². The Morgan fingerprint density at radius 2 is 1.85 bits per heavy atom. The fourth-order valence-electron chi connectivity index (χ4n) is 2.43. The van der Waals surface area contributed by atoms with Gasteiger partial charge in [0.1, 0.15) is 10.4 Å². The van der Waals surface area contributed by atoms with E-state index in [0.29, 0.717) is 0 Å². The number of hydrogen-bond donors (Lipinski definition) is 0. The summed E-state index contributed by atoms with van der Waals surface area (Å²) in [7, 11) is 1.70. The molecule has 4 nitrogen and oxygen atoms in total. The highest BCUT2D eigenvalue weighted by Crippen LogP contribution is 2.29. The standard InChI is InChI=1S/C15H14BrN3O/c1-9-6-11(7-10(2)15(9)20-3)12-4-5-14-17-13(16)8-19(14)18-12/h4-8H,1-3H3. The van der Waals surface area contributed by atoms with Gasteiger partial charge in [-0.15, -0.1) is 0 Å². The Morgan fingerprint density at radius 3 is 2.50 bits per heavy atom. The molecule has 0 fully saturated rings. The predicted octanol–water partition coefficient (Wildman–Crippen LogP) is 3.78. The molecule has 1 aromatic carbocycles. The highest BCUT2D eigenvalue weighted by Gasteiger charge is 2.09. The number of halogens is 1. The summed E-state index contributed by atoms with van der Waals surface area (Å²) in [5, 5.41) is 4.59. The molecule has 0 unspecified atom stereocenters. The number of nitrogens with zero attached hydrogens (tertiary/aromatic N) is 3. The zero-order chi connectivity index (χ0) is 14.3. The first-order chi connectivity index (χ1) is 9.58. The van der Waals surface area contributed by atoms with Gasteiger partial charge in [0.15, 0.2) is 5.65 Å². The van der Waals surface area contributed by atoms with E-state index in [1.54, 1.807) is 11.6 Å². The molecule has 3 aromatic rings. The largest absolute Gasteiger partial charge is 0.496 e. The van der Waals surface area contributed by atoms with Crippen molar-refractivity contribution < 1.29 is 4.74 Å². The number of fused-ring (bicyclic) bond motifs is 1. The molecular weight excluding hydrogens is 318 g/mol. The molecule has 5 heteroatoms. The van der Waals surface area contributed by atoms with Gasteiger partial charge >= 0.3 is 0 Å². The van der Waals surface area contributed by atoms with Crippen molar-refractivity contribution in [3.05, 3.63) is 46.2 Å². The van der Waals surface area contributed by atoms with Crippen molar-refractivity contribution in [1.29, 1.82) is 0 Å². The van der Waals surface area contributed by atoms with Crippen LogP contribution in [-0.2, 0) is 0 Å². The van der Waals surface area contributed by atoms with E-state index in [1.807, 2.05) is 32.2 Å². The number of methoxy groups -OCH3 is 1. The molecule has 0 atom stereocenters. The van der Waals surface area contributed by atoms with Crippen LogP contribution in [0, 0.1) is 13.8 Å². The molecule has 0 aliphatic heterocycles. The Bertz CT molecular complexity index is 772. The van der Waals surface area contributed by atoms with Crippen LogP contribution in [0.3, 0.4) is 0 Å². The second-order valence-corrected chi connectivity index (χ2v) is 5.54. The van der Waals surface area contributed by atoms with Crippen LogP contribution in [0.2, 0.25) is 0 Å². The molecule has 0 N–H and O–H groups in total. The van der Waals surface area contributed by atoms with Gasteiger partial charge in [0.25, 0.3) is 0 Å². The molecule has 3 rings (SSSR count). The Labute approximate surface area is 125 Å². The van der Waals surface area contributed by atoms with Gasteiger partial charge < -0.3 is 4.74 Å². The van der Waals surface area contributed by atoms with Crippen molar-refractivity contribution in [2.45, 2.75) is 13.8 Å². The Hall–Kier alpha value is -1.88. The topological polar surface area (TPSA) is 39.4 Å². The number of aromatic nitrogens is 3. The van der Waals surface area contributed by atoms with Crippen LogP contribution in [0.5, 0.6) is 5.75 Å².